The SMILES string of the molecule is CC[C@H](C)CC[C@@H]1C(C)=CC[C@@H]2C(C)(C)CCCC12C. The van der Waals surface area contributed by atoms with E-state index in [1.54, 1.807) is 5.57 Å². The molecule has 1 fully saturated rings. The molecule has 4 atom stereocenters. The minimum atomic E-state index is 0.540. The van der Waals surface area contributed by atoms with Crippen molar-refractivity contribution in [2.45, 2.75) is 86.5 Å². The molecule has 2 aliphatic rings. The van der Waals surface area contributed by atoms with Crippen molar-refractivity contribution in [3.8, 4) is 0 Å². The van der Waals surface area contributed by atoms with Crippen LogP contribution < -0.4 is 0 Å². The summed E-state index contributed by atoms with van der Waals surface area (Å²) in [5, 5.41) is 0. The fourth-order valence-electron chi connectivity index (χ4n) is 5.35. The number of allylic oxidation sites excluding steroid dienone is 2. The second-order valence-electron chi connectivity index (χ2n) is 8.73. The Labute approximate surface area is 127 Å². The third-order valence-corrected chi connectivity index (χ3v) is 6.94. The van der Waals surface area contributed by atoms with Crippen LogP contribution in [0.1, 0.15) is 86.5 Å². The van der Waals surface area contributed by atoms with Gasteiger partial charge in [0.1, 0.15) is 0 Å². The van der Waals surface area contributed by atoms with Crippen molar-refractivity contribution in [3.05, 3.63) is 11.6 Å². The first-order valence-corrected chi connectivity index (χ1v) is 8.98. The highest BCUT2D eigenvalue weighted by atomic mass is 14.6. The van der Waals surface area contributed by atoms with Crippen LogP contribution in [0.3, 0.4) is 0 Å². The largest absolute Gasteiger partial charge is 0.0850 e. The van der Waals surface area contributed by atoms with Crippen LogP contribution in [0.25, 0.3) is 0 Å². The zero-order valence-corrected chi connectivity index (χ0v) is 14.8. The molecule has 116 valence electrons. The molecular weight excluding hydrogens is 240 g/mol. The third-order valence-electron chi connectivity index (χ3n) is 6.94. The van der Waals surface area contributed by atoms with Crippen LogP contribution in [0.15, 0.2) is 11.6 Å². The smallest absolute Gasteiger partial charge is 0.0149 e. The lowest BCUT2D eigenvalue weighted by atomic mass is 9.48. The molecule has 0 heterocycles. The summed E-state index contributed by atoms with van der Waals surface area (Å²) >= 11 is 0. The molecule has 0 radical (unpaired) electrons. The lowest BCUT2D eigenvalue weighted by Gasteiger charge is -2.57. The fraction of sp³-hybridized carbons (Fsp3) is 0.900. The normalized spacial score (nSPS) is 38.0. The fourth-order valence-corrected chi connectivity index (χ4v) is 5.35. The van der Waals surface area contributed by atoms with Crippen LogP contribution in [0, 0.1) is 28.6 Å². The van der Waals surface area contributed by atoms with Crippen LogP contribution in [-0.4, -0.2) is 0 Å². The van der Waals surface area contributed by atoms with Gasteiger partial charge in [0, 0.05) is 0 Å². The molecule has 0 amide bonds. The van der Waals surface area contributed by atoms with Gasteiger partial charge < -0.3 is 0 Å². The third kappa shape index (κ3) is 2.85. The Bertz CT molecular complexity index is 362. The average Bonchev–Trinajstić information content (AvgIpc) is 2.36. The first kappa shape index (κ1) is 16.1. The molecule has 0 aromatic carbocycles. The Hall–Kier alpha value is -0.260. The monoisotopic (exact) mass is 276 g/mol. The second kappa shape index (κ2) is 5.85. The standard InChI is InChI=1S/C20H36/c1-7-15(2)9-11-17-16(3)10-12-18-19(4,5)13-8-14-20(17,18)6/h10,15,17-18H,7-9,11-14H2,1-6H3/t15-,17+,18+,20?/m0/s1. The molecule has 0 bridgehead atoms. The molecule has 0 aliphatic heterocycles. The van der Waals surface area contributed by atoms with Crippen molar-refractivity contribution in [1.82, 2.24) is 0 Å². The van der Waals surface area contributed by atoms with Gasteiger partial charge in [0.2, 0.25) is 0 Å². The molecule has 0 heteroatoms. The second-order valence-corrected chi connectivity index (χ2v) is 8.73. The number of rotatable bonds is 4. The predicted octanol–water partition coefficient (Wildman–Crippen LogP) is 6.61. The molecule has 0 saturated heterocycles. The molecule has 0 aromatic heterocycles. The molecule has 1 unspecified atom stereocenters. The summed E-state index contributed by atoms with van der Waals surface area (Å²) in [6.45, 7) is 14.8. The lowest BCUT2D eigenvalue weighted by molar-refractivity contribution is -0.0404. The van der Waals surface area contributed by atoms with Crippen LogP contribution in [-0.2, 0) is 0 Å². The van der Waals surface area contributed by atoms with Crippen molar-refractivity contribution >= 4 is 0 Å². The predicted molar refractivity (Wildman–Crippen MR) is 89.8 cm³/mol. The van der Waals surface area contributed by atoms with Crippen molar-refractivity contribution in [3.63, 3.8) is 0 Å². The van der Waals surface area contributed by atoms with Crippen LogP contribution >= 0.6 is 0 Å². The zero-order chi connectivity index (χ0) is 15.0. The van der Waals surface area contributed by atoms with Gasteiger partial charge in [-0.3, -0.25) is 0 Å². The summed E-state index contributed by atoms with van der Waals surface area (Å²) in [6, 6.07) is 0. The molecule has 0 spiro atoms. The van der Waals surface area contributed by atoms with Gasteiger partial charge in [0.25, 0.3) is 0 Å². The Balaban J connectivity index is 2.20. The summed E-state index contributed by atoms with van der Waals surface area (Å²) in [6.07, 6.45) is 12.4. The number of hydrogen-bond acceptors (Lipinski definition) is 0. The quantitative estimate of drug-likeness (QED) is 0.507. The summed E-state index contributed by atoms with van der Waals surface area (Å²) in [5.74, 6) is 2.63. The molecule has 2 aliphatic carbocycles. The first-order valence-electron chi connectivity index (χ1n) is 8.98. The summed E-state index contributed by atoms with van der Waals surface area (Å²) in [4.78, 5) is 0. The molecule has 2 rings (SSSR count). The maximum atomic E-state index is 2.62. The van der Waals surface area contributed by atoms with Crippen LogP contribution in [0.2, 0.25) is 0 Å². The van der Waals surface area contributed by atoms with Crippen molar-refractivity contribution < 1.29 is 0 Å². The Kier molecular flexibility index (Phi) is 4.72. The van der Waals surface area contributed by atoms with Gasteiger partial charge in [-0.15, -0.1) is 0 Å². The average molecular weight is 277 g/mol. The molecule has 20 heavy (non-hydrogen) atoms. The molecule has 0 nitrogen and oxygen atoms in total. The lowest BCUT2D eigenvalue weighted by Crippen LogP contribution is -2.48. The van der Waals surface area contributed by atoms with E-state index in [-0.39, 0.29) is 0 Å². The Morgan fingerprint density at radius 3 is 2.60 bits per heavy atom. The zero-order valence-electron chi connectivity index (χ0n) is 14.8. The molecule has 1 saturated carbocycles. The van der Waals surface area contributed by atoms with Gasteiger partial charge in [-0.05, 0) is 61.2 Å². The molecule has 0 N–H and O–H groups in total. The Morgan fingerprint density at radius 1 is 1.25 bits per heavy atom. The Morgan fingerprint density at radius 2 is 1.95 bits per heavy atom. The topological polar surface area (TPSA) is 0 Å². The van der Waals surface area contributed by atoms with Gasteiger partial charge >= 0.3 is 0 Å². The van der Waals surface area contributed by atoms with Gasteiger partial charge in [-0.2, -0.15) is 0 Å². The number of hydrogen-bond donors (Lipinski definition) is 0. The van der Waals surface area contributed by atoms with Crippen LogP contribution in [0.4, 0.5) is 0 Å². The summed E-state index contributed by atoms with van der Waals surface area (Å²) < 4.78 is 0. The molecule has 0 aromatic rings. The van der Waals surface area contributed by atoms with E-state index in [1.807, 2.05) is 0 Å². The van der Waals surface area contributed by atoms with E-state index in [9.17, 15) is 0 Å². The number of fused-ring (bicyclic) bond motifs is 1. The summed E-state index contributed by atoms with van der Waals surface area (Å²) in [7, 11) is 0. The van der Waals surface area contributed by atoms with Gasteiger partial charge in [0.15, 0.2) is 0 Å². The van der Waals surface area contributed by atoms with E-state index in [0.29, 0.717) is 10.8 Å². The van der Waals surface area contributed by atoms with Crippen molar-refractivity contribution in [2.24, 2.45) is 28.6 Å². The van der Waals surface area contributed by atoms with E-state index >= 15 is 0 Å². The van der Waals surface area contributed by atoms with E-state index < -0.39 is 0 Å². The summed E-state index contributed by atoms with van der Waals surface area (Å²) in [5.41, 5.74) is 2.80. The minimum Gasteiger partial charge on any atom is -0.0850 e. The van der Waals surface area contributed by atoms with Gasteiger partial charge in [0.05, 0.1) is 0 Å². The van der Waals surface area contributed by atoms with E-state index in [1.165, 1.54) is 44.9 Å². The van der Waals surface area contributed by atoms with E-state index in [4.69, 9.17) is 0 Å². The highest BCUT2D eigenvalue weighted by Crippen LogP contribution is 2.60. The first-order chi connectivity index (χ1) is 9.31. The van der Waals surface area contributed by atoms with Crippen molar-refractivity contribution in [1.29, 1.82) is 0 Å². The molecular formula is C20H36. The highest BCUT2D eigenvalue weighted by molar-refractivity contribution is 5.18. The van der Waals surface area contributed by atoms with Crippen molar-refractivity contribution in [2.75, 3.05) is 0 Å². The van der Waals surface area contributed by atoms with Crippen LogP contribution in [0.5, 0.6) is 0 Å². The highest BCUT2D eigenvalue weighted by Gasteiger charge is 2.51. The van der Waals surface area contributed by atoms with E-state index in [2.05, 4.69) is 47.6 Å². The van der Waals surface area contributed by atoms with Gasteiger partial charge in [-0.1, -0.05) is 65.5 Å². The minimum absolute atomic E-state index is 0.540. The maximum absolute atomic E-state index is 2.62. The maximum Gasteiger partial charge on any atom is -0.0149 e. The van der Waals surface area contributed by atoms with Gasteiger partial charge in [-0.25, -0.2) is 0 Å². The van der Waals surface area contributed by atoms with E-state index in [0.717, 1.165) is 17.8 Å².